The van der Waals surface area contributed by atoms with Crippen molar-refractivity contribution in [3.8, 4) is 22.9 Å². The first kappa shape index (κ1) is 19.6. The van der Waals surface area contributed by atoms with Crippen LogP contribution in [0.1, 0.15) is 16.1 Å². The molecule has 1 aliphatic rings. The van der Waals surface area contributed by atoms with Crippen LogP contribution < -0.4 is 14.8 Å². The van der Waals surface area contributed by atoms with Gasteiger partial charge in [-0.2, -0.15) is 0 Å². The van der Waals surface area contributed by atoms with E-state index in [-0.39, 0.29) is 12.7 Å². The highest BCUT2D eigenvalue weighted by Crippen LogP contribution is 2.35. The fraction of sp³-hybridized carbons (Fsp3) is 0.125. The van der Waals surface area contributed by atoms with Crippen molar-refractivity contribution in [1.29, 1.82) is 0 Å². The van der Waals surface area contributed by atoms with E-state index < -0.39 is 0 Å². The second-order valence-corrected chi connectivity index (χ2v) is 7.26. The molecule has 0 fully saturated rings. The Hall–Kier alpha value is -4.33. The van der Waals surface area contributed by atoms with Crippen molar-refractivity contribution >= 4 is 17.4 Å². The number of anilines is 2. The second kappa shape index (κ2) is 8.43. The van der Waals surface area contributed by atoms with Crippen LogP contribution in [0, 0.1) is 0 Å². The molecule has 4 aromatic rings. The molecule has 160 valence electrons. The normalized spacial score (nSPS) is 11.9. The van der Waals surface area contributed by atoms with Crippen LogP contribution in [0.4, 0.5) is 11.5 Å². The molecular weight excluding hydrogens is 408 g/mol. The van der Waals surface area contributed by atoms with E-state index in [2.05, 4.69) is 15.3 Å². The van der Waals surface area contributed by atoms with Crippen LogP contribution in [0.25, 0.3) is 11.4 Å². The molecule has 1 N–H and O–H groups in total. The quantitative estimate of drug-likeness (QED) is 0.484. The van der Waals surface area contributed by atoms with Gasteiger partial charge in [-0.25, -0.2) is 9.97 Å². The molecule has 2 aromatic heterocycles. The number of para-hydroxylation sites is 1. The van der Waals surface area contributed by atoms with Crippen molar-refractivity contribution < 1.29 is 18.7 Å². The number of carbonyl (C=O) groups is 1. The average Bonchev–Trinajstić information content (AvgIpc) is 3.50. The number of furan rings is 1. The molecule has 0 saturated heterocycles. The van der Waals surface area contributed by atoms with Crippen molar-refractivity contribution in [2.24, 2.45) is 0 Å². The van der Waals surface area contributed by atoms with Crippen molar-refractivity contribution in [3.05, 3.63) is 84.4 Å². The molecule has 1 amide bonds. The van der Waals surface area contributed by atoms with Crippen LogP contribution in [-0.2, 0) is 6.54 Å². The molecule has 8 nitrogen and oxygen atoms in total. The summed E-state index contributed by atoms with van der Waals surface area (Å²) >= 11 is 0. The maximum atomic E-state index is 13.2. The Morgan fingerprint density at radius 3 is 2.72 bits per heavy atom. The zero-order valence-electron chi connectivity index (χ0n) is 17.3. The Morgan fingerprint density at radius 2 is 1.91 bits per heavy atom. The molecule has 3 heterocycles. The maximum Gasteiger partial charge on any atom is 0.259 e. The topological polar surface area (TPSA) is 89.7 Å². The lowest BCUT2D eigenvalue weighted by molar-refractivity contribution is 0.0775. The van der Waals surface area contributed by atoms with Gasteiger partial charge in [-0.1, -0.05) is 18.2 Å². The molecule has 0 aliphatic carbocycles. The number of fused-ring (bicyclic) bond motifs is 1. The van der Waals surface area contributed by atoms with Gasteiger partial charge in [-0.05, 0) is 42.5 Å². The van der Waals surface area contributed by atoms with E-state index in [1.165, 1.54) is 0 Å². The lowest BCUT2D eigenvalue weighted by Crippen LogP contribution is -2.27. The molecular formula is C24H20N4O4. The van der Waals surface area contributed by atoms with E-state index in [4.69, 9.17) is 13.9 Å². The third kappa shape index (κ3) is 3.98. The summed E-state index contributed by atoms with van der Waals surface area (Å²) in [5.41, 5.74) is 1.92. The fourth-order valence-electron chi connectivity index (χ4n) is 3.38. The number of benzene rings is 2. The summed E-state index contributed by atoms with van der Waals surface area (Å²) in [4.78, 5) is 23.9. The molecule has 0 radical (unpaired) electrons. The third-order valence-corrected chi connectivity index (χ3v) is 5.01. The van der Waals surface area contributed by atoms with Crippen LogP contribution in [0.2, 0.25) is 0 Å². The van der Waals surface area contributed by atoms with E-state index in [0.29, 0.717) is 41.0 Å². The SMILES string of the molecule is CN(Cc1ccco1)C(=O)c1cnc(-c2ccc3c(c2)OCO3)nc1Nc1ccccc1. The van der Waals surface area contributed by atoms with Crippen molar-refractivity contribution in [2.75, 3.05) is 19.2 Å². The zero-order valence-corrected chi connectivity index (χ0v) is 17.3. The zero-order chi connectivity index (χ0) is 21.9. The first-order chi connectivity index (χ1) is 15.7. The van der Waals surface area contributed by atoms with E-state index in [1.807, 2.05) is 54.6 Å². The molecule has 8 heteroatoms. The van der Waals surface area contributed by atoms with Crippen molar-refractivity contribution in [2.45, 2.75) is 6.54 Å². The molecule has 1 aliphatic heterocycles. The van der Waals surface area contributed by atoms with Gasteiger partial charge in [-0.15, -0.1) is 0 Å². The Balaban J connectivity index is 1.50. The number of amides is 1. The summed E-state index contributed by atoms with van der Waals surface area (Å²) in [6, 6.07) is 18.7. The lowest BCUT2D eigenvalue weighted by Gasteiger charge is -2.18. The number of rotatable bonds is 6. The van der Waals surface area contributed by atoms with Gasteiger partial charge in [0.25, 0.3) is 5.91 Å². The molecule has 0 unspecified atom stereocenters. The van der Waals surface area contributed by atoms with Crippen LogP contribution >= 0.6 is 0 Å². The molecule has 2 aromatic carbocycles. The Morgan fingerprint density at radius 1 is 1.06 bits per heavy atom. The van der Waals surface area contributed by atoms with Gasteiger partial charge in [0.1, 0.15) is 17.1 Å². The number of hydrogen-bond acceptors (Lipinski definition) is 7. The first-order valence-corrected chi connectivity index (χ1v) is 10.0. The number of hydrogen-bond donors (Lipinski definition) is 1. The summed E-state index contributed by atoms with van der Waals surface area (Å²) < 4.78 is 16.2. The third-order valence-electron chi connectivity index (χ3n) is 5.01. The maximum absolute atomic E-state index is 13.2. The standard InChI is InChI=1S/C24H20N4O4/c1-28(14-18-8-5-11-30-18)24(29)19-13-25-22(16-9-10-20-21(12-16)32-15-31-20)27-23(19)26-17-6-3-2-4-7-17/h2-13H,14-15H2,1H3,(H,25,26,27). The molecule has 0 bridgehead atoms. The predicted molar refractivity (Wildman–Crippen MR) is 118 cm³/mol. The highest BCUT2D eigenvalue weighted by molar-refractivity contribution is 5.99. The number of aromatic nitrogens is 2. The molecule has 0 spiro atoms. The number of carbonyl (C=O) groups excluding carboxylic acids is 1. The highest BCUT2D eigenvalue weighted by Gasteiger charge is 2.21. The smallest absolute Gasteiger partial charge is 0.259 e. The first-order valence-electron chi connectivity index (χ1n) is 10.0. The number of nitrogens with zero attached hydrogens (tertiary/aromatic N) is 3. The summed E-state index contributed by atoms with van der Waals surface area (Å²) in [5.74, 6) is 2.67. The van der Waals surface area contributed by atoms with Crippen LogP contribution in [-0.4, -0.2) is 34.6 Å². The summed E-state index contributed by atoms with van der Waals surface area (Å²) in [5, 5.41) is 3.25. The largest absolute Gasteiger partial charge is 0.467 e. The van der Waals surface area contributed by atoms with Crippen LogP contribution in [0.5, 0.6) is 11.5 Å². The van der Waals surface area contributed by atoms with Gasteiger partial charge in [-0.3, -0.25) is 4.79 Å². The Bertz CT molecular complexity index is 1240. The number of ether oxygens (including phenoxy) is 2. The van der Waals surface area contributed by atoms with Crippen LogP contribution in [0.3, 0.4) is 0 Å². The van der Waals surface area contributed by atoms with Gasteiger partial charge in [0.15, 0.2) is 17.3 Å². The van der Waals surface area contributed by atoms with Gasteiger partial charge in [0.2, 0.25) is 6.79 Å². The van der Waals surface area contributed by atoms with Crippen LogP contribution in [0.15, 0.2) is 77.5 Å². The predicted octanol–water partition coefficient (Wildman–Crippen LogP) is 4.48. The fourth-order valence-corrected chi connectivity index (χ4v) is 3.38. The highest BCUT2D eigenvalue weighted by atomic mass is 16.7. The van der Waals surface area contributed by atoms with Gasteiger partial charge >= 0.3 is 0 Å². The minimum atomic E-state index is -0.225. The van der Waals surface area contributed by atoms with Crippen molar-refractivity contribution in [3.63, 3.8) is 0 Å². The van der Waals surface area contributed by atoms with E-state index in [9.17, 15) is 4.79 Å². The number of nitrogens with one attached hydrogen (secondary N) is 1. The summed E-state index contributed by atoms with van der Waals surface area (Å²) in [6.07, 6.45) is 3.12. The Labute approximate surface area is 184 Å². The van der Waals surface area contributed by atoms with E-state index in [0.717, 1.165) is 11.3 Å². The average molecular weight is 428 g/mol. The minimum Gasteiger partial charge on any atom is -0.467 e. The summed E-state index contributed by atoms with van der Waals surface area (Å²) in [6.45, 7) is 0.524. The molecule has 0 saturated carbocycles. The van der Waals surface area contributed by atoms with Gasteiger partial charge in [0.05, 0.1) is 12.8 Å². The lowest BCUT2D eigenvalue weighted by atomic mass is 10.1. The monoisotopic (exact) mass is 428 g/mol. The van der Waals surface area contributed by atoms with E-state index in [1.54, 1.807) is 30.5 Å². The van der Waals surface area contributed by atoms with Crippen molar-refractivity contribution in [1.82, 2.24) is 14.9 Å². The molecule has 0 atom stereocenters. The van der Waals surface area contributed by atoms with Gasteiger partial charge < -0.3 is 24.1 Å². The minimum absolute atomic E-state index is 0.190. The van der Waals surface area contributed by atoms with Gasteiger partial charge in [0, 0.05) is 24.5 Å². The molecule has 5 rings (SSSR count). The summed E-state index contributed by atoms with van der Waals surface area (Å²) in [7, 11) is 1.71. The molecule has 32 heavy (non-hydrogen) atoms. The Kier molecular flexibility index (Phi) is 5.17. The second-order valence-electron chi connectivity index (χ2n) is 7.26. The van der Waals surface area contributed by atoms with E-state index >= 15 is 0 Å².